The number of fused-ring (bicyclic) bond motifs is 2. The van der Waals surface area contributed by atoms with Gasteiger partial charge in [-0.1, -0.05) is 42.0 Å². The normalized spacial score (nSPS) is 25.7. The van der Waals surface area contributed by atoms with Gasteiger partial charge in [0.15, 0.2) is 0 Å². The van der Waals surface area contributed by atoms with Crippen molar-refractivity contribution in [2.75, 3.05) is 52.4 Å². The molecule has 2 aromatic rings. The minimum Gasteiger partial charge on any atom is -0.394 e. The van der Waals surface area contributed by atoms with Crippen molar-refractivity contribution in [3.05, 3.63) is 54.0 Å². The van der Waals surface area contributed by atoms with Crippen LogP contribution in [0.3, 0.4) is 0 Å². The molecular formula is C21H25N3O2S. The first-order chi connectivity index (χ1) is 17.9. The van der Waals surface area contributed by atoms with Gasteiger partial charge >= 0.3 is 0 Å². The number of ether oxygens (including phenoxy) is 1. The van der Waals surface area contributed by atoms with E-state index in [2.05, 4.69) is 9.73 Å². The van der Waals surface area contributed by atoms with Crippen LogP contribution in [0.15, 0.2) is 63.2 Å². The molecule has 0 spiro atoms. The van der Waals surface area contributed by atoms with Gasteiger partial charge in [0.25, 0.3) is 0 Å². The summed E-state index contributed by atoms with van der Waals surface area (Å²) < 4.78 is 99.5. The lowest BCUT2D eigenvalue weighted by molar-refractivity contribution is 0.0652. The molecule has 1 saturated heterocycles. The van der Waals surface area contributed by atoms with Crippen molar-refractivity contribution < 1.29 is 26.3 Å². The van der Waals surface area contributed by atoms with E-state index < -0.39 is 32.2 Å². The Balaban J connectivity index is 1.64. The molecule has 5 nitrogen and oxygen atoms in total. The third kappa shape index (κ3) is 4.35. The van der Waals surface area contributed by atoms with Gasteiger partial charge in [0.05, 0.1) is 39.1 Å². The number of benzene rings is 2. The Morgan fingerprint density at radius 3 is 2.78 bits per heavy atom. The maximum absolute atomic E-state index is 9.37. The summed E-state index contributed by atoms with van der Waals surface area (Å²) in [5, 5.41) is 9.37. The number of nitrogens with zero attached hydrogens (tertiary/aromatic N) is 3. The van der Waals surface area contributed by atoms with Crippen molar-refractivity contribution in [2.45, 2.75) is 9.79 Å². The topological polar surface area (TPSA) is 48.3 Å². The molecule has 27 heavy (non-hydrogen) atoms. The van der Waals surface area contributed by atoms with Crippen LogP contribution >= 0.6 is 11.8 Å². The number of hydrogen-bond donors (Lipinski definition) is 1. The minimum atomic E-state index is -3.58. The van der Waals surface area contributed by atoms with Crippen molar-refractivity contribution in [3.8, 4) is 0 Å². The first kappa shape index (κ1) is 9.09. The average Bonchev–Trinajstić information content (AvgIpc) is 3.02. The minimum absolute atomic E-state index is 0.0706. The SMILES string of the molecule is [2H]c1c([2H])c([2H])c2c(c1[2H])N=C(N1CCN(C([2H])([2H])C([2H])([2H])OC([2H])([2H])C([2H])([2H])O)CC1)c1ccccc1S2. The molecule has 2 aliphatic rings. The van der Waals surface area contributed by atoms with Crippen LogP contribution in [-0.4, -0.2) is 73.1 Å². The summed E-state index contributed by atoms with van der Waals surface area (Å²) in [6, 6.07) is 5.91. The molecule has 2 aromatic carbocycles. The van der Waals surface area contributed by atoms with E-state index in [-0.39, 0.29) is 54.9 Å². The Bertz CT molecular complexity index is 1310. The molecule has 0 amide bonds. The molecule has 0 atom stereocenters. The van der Waals surface area contributed by atoms with Crippen LogP contribution in [-0.2, 0) is 4.74 Å². The van der Waals surface area contributed by atoms with E-state index in [0.717, 1.165) is 4.90 Å². The molecule has 0 aliphatic carbocycles. The summed E-state index contributed by atoms with van der Waals surface area (Å²) >= 11 is 1.17. The molecule has 2 heterocycles. The van der Waals surface area contributed by atoms with Gasteiger partial charge in [-0.15, -0.1) is 0 Å². The second kappa shape index (κ2) is 8.89. The van der Waals surface area contributed by atoms with E-state index in [1.165, 1.54) is 11.8 Å². The van der Waals surface area contributed by atoms with Crippen LogP contribution in [0.2, 0.25) is 0 Å². The van der Waals surface area contributed by atoms with Gasteiger partial charge in [-0.05, 0) is 18.2 Å². The summed E-state index contributed by atoms with van der Waals surface area (Å²) in [6.45, 7) is -13.3. The van der Waals surface area contributed by atoms with E-state index >= 15 is 0 Å². The Morgan fingerprint density at radius 1 is 1.11 bits per heavy atom. The smallest absolute Gasteiger partial charge is 0.137 e. The fraction of sp³-hybridized carbons (Fsp3) is 0.381. The molecule has 0 saturated carbocycles. The van der Waals surface area contributed by atoms with E-state index in [4.69, 9.17) is 16.4 Å². The van der Waals surface area contributed by atoms with Gasteiger partial charge in [-0.2, -0.15) is 0 Å². The van der Waals surface area contributed by atoms with Crippen molar-refractivity contribution in [1.82, 2.24) is 9.80 Å². The van der Waals surface area contributed by atoms with E-state index in [9.17, 15) is 5.11 Å². The molecule has 0 bridgehead atoms. The summed E-state index contributed by atoms with van der Waals surface area (Å²) in [7, 11) is 0. The fourth-order valence-electron chi connectivity index (χ4n) is 2.87. The third-order valence-corrected chi connectivity index (χ3v) is 5.20. The van der Waals surface area contributed by atoms with Crippen molar-refractivity contribution in [1.29, 1.82) is 0 Å². The van der Waals surface area contributed by atoms with Gasteiger partial charge in [-0.3, -0.25) is 4.90 Å². The zero-order chi connectivity index (χ0) is 29.1. The largest absolute Gasteiger partial charge is 0.394 e. The van der Waals surface area contributed by atoms with Gasteiger partial charge in [0.2, 0.25) is 0 Å². The average molecular weight is 396 g/mol. The number of rotatable bonds is 5. The number of hydrogen-bond acceptors (Lipinski definition) is 6. The van der Waals surface area contributed by atoms with Crippen LogP contribution in [0.4, 0.5) is 5.69 Å². The molecule has 0 aromatic heterocycles. The Morgan fingerprint density at radius 2 is 1.93 bits per heavy atom. The molecule has 4 rings (SSSR count). The lowest BCUT2D eigenvalue weighted by Crippen LogP contribution is -2.49. The number of amidine groups is 1. The standard InChI is InChI=1S/C21H25N3O2S/c25-14-16-26-15-13-23-9-11-24(12-10-23)21-17-5-1-3-7-19(17)27-20-8-4-2-6-18(20)22-21/h1-8,25H,9-16H2/i2D,4D,6D,8D,13D2,14D2,15D2,16D2. The molecule has 2 aliphatic heterocycles. The van der Waals surface area contributed by atoms with Crippen molar-refractivity contribution in [2.24, 2.45) is 4.99 Å². The first-order valence-corrected chi connectivity index (χ1v) is 9.09. The molecule has 142 valence electrons. The van der Waals surface area contributed by atoms with Crippen LogP contribution in [0.25, 0.3) is 0 Å². The maximum Gasteiger partial charge on any atom is 0.137 e. The molecule has 1 fully saturated rings. The quantitative estimate of drug-likeness (QED) is 0.844. The van der Waals surface area contributed by atoms with E-state index in [0.29, 0.717) is 16.3 Å². The van der Waals surface area contributed by atoms with Crippen LogP contribution in [0.5, 0.6) is 0 Å². The Hall–Kier alpha value is -1.86. The maximum atomic E-state index is 9.37. The van der Waals surface area contributed by atoms with Gasteiger partial charge in [0, 0.05) is 50.8 Å². The Kier molecular flexibility index (Phi) is 2.99. The molecule has 0 unspecified atom stereocenters. The monoisotopic (exact) mass is 395 g/mol. The molecule has 1 N–H and O–H groups in total. The summed E-state index contributed by atoms with van der Waals surface area (Å²) in [5.41, 5.74) is 0.754. The lowest BCUT2D eigenvalue weighted by Gasteiger charge is -2.36. The molecule has 0 radical (unpaired) electrons. The van der Waals surface area contributed by atoms with E-state index in [1.54, 1.807) is 29.2 Å². The molecular weight excluding hydrogens is 358 g/mol. The highest BCUT2D eigenvalue weighted by atomic mass is 32.2. The van der Waals surface area contributed by atoms with Crippen molar-refractivity contribution >= 4 is 23.3 Å². The Labute approximate surface area is 181 Å². The highest BCUT2D eigenvalue weighted by Crippen LogP contribution is 2.40. The predicted molar refractivity (Wildman–Crippen MR) is 109 cm³/mol. The number of para-hydroxylation sites is 1. The highest BCUT2D eigenvalue weighted by molar-refractivity contribution is 7.99. The number of aliphatic hydroxyl groups is 1. The number of piperazine rings is 1. The summed E-state index contributed by atoms with van der Waals surface area (Å²) in [5.74, 6) is 0.408. The predicted octanol–water partition coefficient (Wildman–Crippen LogP) is 2.86. The zero-order valence-corrected chi connectivity index (χ0v) is 15.1. The fourth-order valence-corrected chi connectivity index (χ4v) is 3.80. The highest BCUT2D eigenvalue weighted by Gasteiger charge is 2.24. The van der Waals surface area contributed by atoms with Gasteiger partial charge in [-0.25, -0.2) is 4.99 Å². The van der Waals surface area contributed by atoms with Crippen LogP contribution in [0.1, 0.15) is 22.0 Å². The van der Waals surface area contributed by atoms with Crippen LogP contribution in [0, 0.1) is 0 Å². The van der Waals surface area contributed by atoms with Crippen LogP contribution < -0.4 is 0 Å². The third-order valence-electron chi connectivity index (χ3n) is 4.12. The summed E-state index contributed by atoms with van der Waals surface area (Å²) in [6.07, 6.45) is 0. The van der Waals surface area contributed by atoms with Gasteiger partial charge < -0.3 is 14.7 Å². The zero-order valence-electron chi connectivity index (χ0n) is 26.2. The van der Waals surface area contributed by atoms with Crippen molar-refractivity contribution in [3.63, 3.8) is 0 Å². The second-order valence-corrected chi connectivity index (χ2v) is 6.77. The molecule has 6 heteroatoms. The summed E-state index contributed by atoms with van der Waals surface area (Å²) in [4.78, 5) is 8.53. The lowest BCUT2D eigenvalue weighted by atomic mass is 10.1. The number of aliphatic imine (C=N–C) groups is 1. The second-order valence-electron chi connectivity index (χ2n) is 5.72. The van der Waals surface area contributed by atoms with Gasteiger partial charge in [0.1, 0.15) is 5.84 Å². The van der Waals surface area contributed by atoms with E-state index in [1.807, 2.05) is 0 Å². The first-order valence-electron chi connectivity index (χ1n) is 14.3.